The molecule has 0 amide bonds. The van der Waals surface area contributed by atoms with Crippen molar-refractivity contribution >= 4 is 68.6 Å². The molecule has 270 valence electrons. The maximum absolute atomic E-state index is 2.54. The van der Waals surface area contributed by atoms with Crippen LogP contribution < -0.4 is 31.1 Å². The summed E-state index contributed by atoms with van der Waals surface area (Å²) in [4.78, 5) is 7.39. The normalized spacial score (nSPS) is 14.6. The van der Waals surface area contributed by atoms with E-state index in [1.807, 2.05) is 0 Å². The fourth-order valence-electron chi connectivity index (χ4n) is 9.55. The Morgan fingerprint density at radius 3 is 1.98 bits per heavy atom. The van der Waals surface area contributed by atoms with Crippen LogP contribution in [0.15, 0.2) is 188 Å². The maximum atomic E-state index is 2.54. The highest BCUT2D eigenvalue weighted by molar-refractivity contribution is 7.00. The van der Waals surface area contributed by atoms with Crippen molar-refractivity contribution in [3.63, 3.8) is 0 Å². The first-order valence-corrected chi connectivity index (χ1v) is 19.9. The summed E-state index contributed by atoms with van der Waals surface area (Å²) in [5.41, 5.74) is 19.8. The van der Waals surface area contributed by atoms with Crippen LogP contribution in [0.25, 0.3) is 11.1 Å². The summed E-state index contributed by atoms with van der Waals surface area (Å²) in [6, 6.07) is 60.6. The molecular formula is C52H44BN3. The fourth-order valence-corrected chi connectivity index (χ4v) is 9.55. The van der Waals surface area contributed by atoms with Crippen LogP contribution in [0.5, 0.6) is 0 Å². The zero-order valence-electron chi connectivity index (χ0n) is 32.4. The SMILES string of the molecule is C/C=C(\C=C/CC)N1c2ccccc2B2c3ccc(N(c4ccccc4)c4ccccc4)cc3N(c3ccc4c(c3)-c3ccccc3C4(C)C)c3cccc1c32. The predicted octanol–water partition coefficient (Wildman–Crippen LogP) is 12.1. The Kier molecular flexibility index (Phi) is 8.11. The molecule has 1 aliphatic carbocycles. The fraction of sp³-hybridized carbons (Fsp3) is 0.115. The van der Waals surface area contributed by atoms with Gasteiger partial charge in [0.05, 0.1) is 0 Å². The second-order valence-electron chi connectivity index (χ2n) is 15.5. The third-order valence-electron chi connectivity index (χ3n) is 12.1. The number of benzene rings is 7. The minimum atomic E-state index is -0.0700. The molecule has 10 rings (SSSR count). The van der Waals surface area contributed by atoms with E-state index in [1.54, 1.807) is 0 Å². The van der Waals surface area contributed by atoms with Crippen molar-refractivity contribution in [3.05, 3.63) is 199 Å². The van der Waals surface area contributed by atoms with Crippen LogP contribution in [0.2, 0.25) is 0 Å². The Labute approximate surface area is 331 Å². The standard InChI is InChI=1S/C52H44BN3/c1-5-7-19-36(6-2)55-47-27-17-16-26-45(47)53-46-33-31-40(54(37-20-10-8-11-21-37)38-22-12-9-13-23-38)35-50(46)56(49-29-18-28-48(55)51(49)53)39-30-32-44-42(34-39)41-24-14-15-25-43(41)52(44,3)4/h6-35H,5H2,1-4H3/b19-7-,36-6+. The smallest absolute Gasteiger partial charge is 0.252 e. The first-order valence-electron chi connectivity index (χ1n) is 19.9. The van der Waals surface area contributed by atoms with Gasteiger partial charge in [0.1, 0.15) is 0 Å². The monoisotopic (exact) mass is 721 g/mol. The molecule has 4 heteroatoms. The van der Waals surface area contributed by atoms with Crippen molar-refractivity contribution in [2.45, 2.75) is 39.5 Å². The minimum absolute atomic E-state index is 0.0539. The maximum Gasteiger partial charge on any atom is 0.252 e. The van der Waals surface area contributed by atoms with Crippen LogP contribution >= 0.6 is 0 Å². The van der Waals surface area contributed by atoms with Gasteiger partial charge in [0.25, 0.3) is 6.71 Å². The molecule has 7 aromatic rings. The minimum Gasteiger partial charge on any atom is -0.312 e. The van der Waals surface area contributed by atoms with E-state index >= 15 is 0 Å². The lowest BCUT2D eigenvalue weighted by Gasteiger charge is -2.44. The molecule has 0 saturated heterocycles. The Morgan fingerprint density at radius 1 is 0.589 bits per heavy atom. The van der Waals surface area contributed by atoms with Crippen LogP contribution in [0.1, 0.15) is 45.2 Å². The lowest BCUT2D eigenvalue weighted by molar-refractivity contribution is 0.660. The summed E-state index contributed by atoms with van der Waals surface area (Å²) in [5.74, 6) is 0. The molecule has 0 unspecified atom stereocenters. The molecule has 0 saturated carbocycles. The number of fused-ring (bicyclic) bond motifs is 7. The van der Waals surface area contributed by atoms with Crippen molar-refractivity contribution < 1.29 is 0 Å². The van der Waals surface area contributed by atoms with Crippen molar-refractivity contribution in [1.82, 2.24) is 0 Å². The van der Waals surface area contributed by atoms with E-state index in [4.69, 9.17) is 0 Å². The zero-order chi connectivity index (χ0) is 38.0. The number of nitrogens with zero attached hydrogens (tertiary/aromatic N) is 3. The number of hydrogen-bond donors (Lipinski definition) is 0. The molecule has 0 radical (unpaired) electrons. The molecule has 0 bridgehead atoms. The summed E-state index contributed by atoms with van der Waals surface area (Å²) < 4.78 is 0. The molecule has 2 aliphatic heterocycles. The van der Waals surface area contributed by atoms with Crippen LogP contribution in [0.4, 0.5) is 45.5 Å². The lowest BCUT2D eigenvalue weighted by atomic mass is 9.33. The number of para-hydroxylation sites is 3. The van der Waals surface area contributed by atoms with Gasteiger partial charge >= 0.3 is 0 Å². The number of hydrogen-bond acceptors (Lipinski definition) is 3. The van der Waals surface area contributed by atoms with Crippen molar-refractivity contribution in [1.29, 1.82) is 0 Å². The molecule has 3 aliphatic rings. The molecule has 0 atom stereocenters. The molecule has 0 aromatic heterocycles. The summed E-state index contributed by atoms with van der Waals surface area (Å²) in [6.45, 7) is 9.12. The summed E-state index contributed by atoms with van der Waals surface area (Å²) in [7, 11) is 0. The van der Waals surface area contributed by atoms with E-state index in [2.05, 4.69) is 224 Å². The average molecular weight is 722 g/mol. The van der Waals surface area contributed by atoms with Crippen molar-refractivity contribution in [2.75, 3.05) is 14.7 Å². The molecule has 56 heavy (non-hydrogen) atoms. The predicted molar refractivity (Wildman–Crippen MR) is 240 cm³/mol. The van der Waals surface area contributed by atoms with E-state index < -0.39 is 0 Å². The Morgan fingerprint density at radius 2 is 1.23 bits per heavy atom. The topological polar surface area (TPSA) is 9.72 Å². The van der Waals surface area contributed by atoms with Gasteiger partial charge < -0.3 is 14.7 Å². The highest BCUT2D eigenvalue weighted by Gasteiger charge is 2.44. The second-order valence-corrected chi connectivity index (χ2v) is 15.5. The quantitative estimate of drug-likeness (QED) is 0.120. The van der Waals surface area contributed by atoms with Crippen molar-refractivity contribution in [2.24, 2.45) is 0 Å². The van der Waals surface area contributed by atoms with Gasteiger partial charge in [-0.25, -0.2) is 0 Å². The average Bonchev–Trinajstić information content (AvgIpc) is 3.47. The first-order chi connectivity index (χ1) is 27.5. The molecule has 0 N–H and O–H groups in total. The van der Waals surface area contributed by atoms with Gasteiger partial charge in [0.15, 0.2) is 0 Å². The van der Waals surface area contributed by atoms with Crippen molar-refractivity contribution in [3.8, 4) is 11.1 Å². The molecule has 0 fully saturated rings. The summed E-state index contributed by atoms with van der Waals surface area (Å²) in [5, 5.41) is 0. The second kappa shape index (κ2) is 13.4. The van der Waals surface area contributed by atoms with Gasteiger partial charge in [-0.2, -0.15) is 0 Å². The Balaban J connectivity index is 1.25. The van der Waals surface area contributed by atoms with Gasteiger partial charge in [-0.05, 0) is 125 Å². The molecule has 2 heterocycles. The number of allylic oxidation sites excluding steroid dienone is 3. The van der Waals surface area contributed by atoms with Gasteiger partial charge in [-0.15, -0.1) is 0 Å². The highest BCUT2D eigenvalue weighted by atomic mass is 15.2. The summed E-state index contributed by atoms with van der Waals surface area (Å²) >= 11 is 0. The Hall–Kier alpha value is -6.52. The van der Waals surface area contributed by atoms with Gasteiger partial charge in [-0.3, -0.25) is 0 Å². The Bertz CT molecular complexity index is 2650. The van der Waals surface area contributed by atoms with Crippen LogP contribution in [-0.2, 0) is 5.41 Å². The van der Waals surface area contributed by atoms with Gasteiger partial charge in [0, 0.05) is 56.6 Å². The lowest BCUT2D eigenvalue weighted by Crippen LogP contribution is -2.61. The molecule has 3 nitrogen and oxygen atoms in total. The van der Waals surface area contributed by atoms with Gasteiger partial charge in [-0.1, -0.05) is 130 Å². The third-order valence-corrected chi connectivity index (χ3v) is 12.1. The van der Waals surface area contributed by atoms with Gasteiger partial charge in [0.2, 0.25) is 0 Å². The van der Waals surface area contributed by atoms with Crippen LogP contribution in [0, 0.1) is 0 Å². The zero-order valence-corrected chi connectivity index (χ0v) is 32.4. The van der Waals surface area contributed by atoms with E-state index in [0.29, 0.717) is 0 Å². The number of anilines is 8. The van der Waals surface area contributed by atoms with E-state index in [0.717, 1.165) is 29.2 Å². The molecule has 0 spiro atoms. The largest absolute Gasteiger partial charge is 0.312 e. The summed E-state index contributed by atoms with van der Waals surface area (Å²) in [6.07, 6.45) is 7.76. The molecular weight excluding hydrogens is 677 g/mol. The van der Waals surface area contributed by atoms with E-state index in [1.165, 1.54) is 67.1 Å². The van der Waals surface area contributed by atoms with Crippen LogP contribution in [-0.4, -0.2) is 6.71 Å². The van der Waals surface area contributed by atoms with E-state index in [9.17, 15) is 0 Å². The van der Waals surface area contributed by atoms with Crippen LogP contribution in [0.3, 0.4) is 0 Å². The molecule has 7 aromatic carbocycles. The van der Waals surface area contributed by atoms with E-state index in [-0.39, 0.29) is 12.1 Å². The number of rotatable bonds is 7. The third kappa shape index (κ3) is 5.13. The highest BCUT2D eigenvalue weighted by Crippen LogP contribution is 2.51. The first kappa shape index (κ1) is 34.0.